The minimum Gasteiger partial charge on any atom is -0.452 e. The maximum absolute atomic E-state index is 13.7. The number of benzene rings is 2. The van der Waals surface area contributed by atoms with E-state index >= 15 is 0 Å². The number of esters is 1. The van der Waals surface area contributed by atoms with Crippen molar-refractivity contribution in [1.29, 1.82) is 0 Å². The number of allylic oxidation sites excluding steroid dienone is 1. The van der Waals surface area contributed by atoms with Gasteiger partial charge >= 0.3 is 5.97 Å². The second-order valence-electron chi connectivity index (χ2n) is 5.81. The molecule has 0 N–H and O–H groups in total. The molecule has 0 aromatic heterocycles. The predicted octanol–water partition coefficient (Wildman–Crippen LogP) is 3.76. The zero-order chi connectivity index (χ0) is 16.7. The van der Waals surface area contributed by atoms with Crippen LogP contribution in [0.5, 0.6) is 11.5 Å². The van der Waals surface area contributed by atoms with Crippen molar-refractivity contribution in [3.05, 3.63) is 65.2 Å². The van der Waals surface area contributed by atoms with E-state index in [1.54, 1.807) is 30.3 Å². The normalized spacial score (nSPS) is 17.5. The number of halogens is 1. The van der Waals surface area contributed by atoms with Gasteiger partial charge in [-0.05, 0) is 37.1 Å². The third-order valence-corrected chi connectivity index (χ3v) is 3.96. The third kappa shape index (κ3) is 2.69. The van der Waals surface area contributed by atoms with Gasteiger partial charge in [0.05, 0.1) is 11.5 Å². The van der Waals surface area contributed by atoms with Crippen molar-refractivity contribution in [3.8, 4) is 11.5 Å². The molecule has 1 aliphatic heterocycles. The van der Waals surface area contributed by atoms with Gasteiger partial charge in [-0.3, -0.25) is 9.59 Å². The monoisotopic (exact) mass is 324 g/mol. The van der Waals surface area contributed by atoms with Gasteiger partial charge in [0, 0.05) is 11.6 Å². The lowest BCUT2D eigenvalue weighted by molar-refractivity contribution is -0.135. The Balaban J connectivity index is 1.60. The van der Waals surface area contributed by atoms with Gasteiger partial charge in [0.25, 0.3) is 0 Å². The van der Waals surface area contributed by atoms with Crippen molar-refractivity contribution in [2.75, 3.05) is 0 Å². The Morgan fingerprint density at radius 1 is 1.21 bits per heavy atom. The second-order valence-corrected chi connectivity index (χ2v) is 5.81. The molecule has 1 heterocycles. The minimum absolute atomic E-state index is 0.0164. The Bertz CT molecular complexity index is 881. The Morgan fingerprint density at radius 2 is 2.00 bits per heavy atom. The maximum Gasteiger partial charge on any atom is 0.314 e. The van der Waals surface area contributed by atoms with Gasteiger partial charge in [-0.1, -0.05) is 18.2 Å². The van der Waals surface area contributed by atoms with Crippen LogP contribution in [-0.2, 0) is 4.79 Å². The summed E-state index contributed by atoms with van der Waals surface area (Å²) >= 11 is 0. The molecule has 1 fully saturated rings. The average Bonchev–Trinajstić information content (AvgIpc) is 3.37. The Hall–Kier alpha value is -2.95. The molecule has 2 aliphatic rings. The van der Waals surface area contributed by atoms with E-state index in [-0.39, 0.29) is 29.0 Å². The first-order valence-electron chi connectivity index (χ1n) is 7.66. The predicted molar refractivity (Wildman–Crippen MR) is 84.1 cm³/mol. The van der Waals surface area contributed by atoms with Crippen molar-refractivity contribution in [3.63, 3.8) is 0 Å². The summed E-state index contributed by atoms with van der Waals surface area (Å²) in [6.07, 6.45) is 3.08. The van der Waals surface area contributed by atoms with E-state index in [0.717, 1.165) is 12.8 Å². The van der Waals surface area contributed by atoms with Crippen molar-refractivity contribution in [1.82, 2.24) is 0 Å². The number of carbonyl (C=O) groups is 2. The summed E-state index contributed by atoms with van der Waals surface area (Å²) in [5, 5.41) is 0. The van der Waals surface area contributed by atoms with Crippen molar-refractivity contribution < 1.29 is 23.5 Å². The van der Waals surface area contributed by atoms with Crippen LogP contribution in [0, 0.1) is 11.7 Å². The lowest BCUT2D eigenvalue weighted by Crippen LogP contribution is -2.09. The summed E-state index contributed by atoms with van der Waals surface area (Å²) in [4.78, 5) is 24.0. The number of hydrogen-bond acceptors (Lipinski definition) is 4. The van der Waals surface area contributed by atoms with Crippen LogP contribution in [0.25, 0.3) is 6.08 Å². The maximum atomic E-state index is 13.7. The van der Waals surface area contributed by atoms with Gasteiger partial charge < -0.3 is 9.47 Å². The standard InChI is InChI=1S/C19H13FO4/c20-15-4-2-1-3-12(15)9-17-18(21)14-8-7-13(10-16(14)24-17)23-19(22)11-5-6-11/h1-4,7-11H,5-6H2. The molecule has 4 rings (SSSR count). The van der Waals surface area contributed by atoms with Crippen LogP contribution >= 0.6 is 0 Å². The van der Waals surface area contributed by atoms with E-state index < -0.39 is 5.82 Å². The molecule has 4 nitrogen and oxygen atoms in total. The number of hydrogen-bond donors (Lipinski definition) is 0. The number of fused-ring (bicyclic) bond motifs is 1. The molecule has 1 saturated carbocycles. The first-order valence-corrected chi connectivity index (χ1v) is 7.66. The van der Waals surface area contributed by atoms with Crippen molar-refractivity contribution >= 4 is 17.8 Å². The quantitative estimate of drug-likeness (QED) is 0.490. The van der Waals surface area contributed by atoms with E-state index in [1.807, 2.05) is 0 Å². The summed E-state index contributed by atoms with van der Waals surface area (Å²) < 4.78 is 24.5. The largest absolute Gasteiger partial charge is 0.452 e. The molecule has 0 atom stereocenters. The van der Waals surface area contributed by atoms with Crippen LogP contribution in [0.15, 0.2) is 48.2 Å². The summed E-state index contributed by atoms with van der Waals surface area (Å²) in [6.45, 7) is 0. The summed E-state index contributed by atoms with van der Waals surface area (Å²) in [5.41, 5.74) is 0.637. The highest BCUT2D eigenvalue weighted by Gasteiger charge is 2.32. The van der Waals surface area contributed by atoms with Crippen LogP contribution in [-0.4, -0.2) is 11.8 Å². The molecular weight excluding hydrogens is 311 g/mol. The number of ether oxygens (including phenoxy) is 2. The smallest absolute Gasteiger partial charge is 0.314 e. The molecule has 0 bridgehead atoms. The fourth-order valence-electron chi connectivity index (χ4n) is 2.48. The zero-order valence-electron chi connectivity index (χ0n) is 12.6. The van der Waals surface area contributed by atoms with E-state index in [4.69, 9.17) is 9.47 Å². The van der Waals surface area contributed by atoms with Crippen LogP contribution < -0.4 is 9.47 Å². The number of carbonyl (C=O) groups excluding carboxylic acids is 2. The lowest BCUT2D eigenvalue weighted by atomic mass is 10.1. The molecule has 2 aromatic carbocycles. The van der Waals surface area contributed by atoms with Crippen LogP contribution in [0.2, 0.25) is 0 Å². The molecule has 0 radical (unpaired) electrons. The fourth-order valence-corrected chi connectivity index (χ4v) is 2.48. The molecule has 5 heteroatoms. The van der Waals surface area contributed by atoms with E-state index in [9.17, 15) is 14.0 Å². The Labute approximate surface area is 137 Å². The average molecular weight is 324 g/mol. The second kappa shape index (κ2) is 5.60. The summed E-state index contributed by atoms with van der Waals surface area (Å²) in [5.74, 6) is -0.349. The van der Waals surface area contributed by atoms with Crippen LogP contribution in [0.1, 0.15) is 28.8 Å². The van der Waals surface area contributed by atoms with Gasteiger partial charge in [0.2, 0.25) is 5.78 Å². The Kier molecular flexibility index (Phi) is 3.41. The lowest BCUT2D eigenvalue weighted by Gasteiger charge is -2.04. The highest BCUT2D eigenvalue weighted by atomic mass is 19.1. The number of rotatable bonds is 3. The highest BCUT2D eigenvalue weighted by molar-refractivity contribution is 6.14. The molecule has 0 saturated heterocycles. The summed E-state index contributed by atoms with van der Waals surface area (Å²) in [7, 11) is 0. The van der Waals surface area contributed by atoms with Gasteiger partial charge in [-0.15, -0.1) is 0 Å². The highest BCUT2D eigenvalue weighted by Crippen LogP contribution is 2.36. The van der Waals surface area contributed by atoms with Crippen molar-refractivity contribution in [2.45, 2.75) is 12.8 Å². The SMILES string of the molecule is O=C1C(=Cc2ccccc2F)Oc2cc(OC(=O)C3CC3)ccc21. The van der Waals surface area contributed by atoms with E-state index in [2.05, 4.69) is 0 Å². The Morgan fingerprint density at radius 3 is 2.75 bits per heavy atom. The third-order valence-electron chi connectivity index (χ3n) is 3.96. The van der Waals surface area contributed by atoms with Gasteiger partial charge in [-0.2, -0.15) is 0 Å². The van der Waals surface area contributed by atoms with Gasteiger partial charge in [0.15, 0.2) is 5.76 Å². The van der Waals surface area contributed by atoms with Crippen LogP contribution in [0.3, 0.4) is 0 Å². The zero-order valence-corrected chi connectivity index (χ0v) is 12.6. The first-order chi connectivity index (χ1) is 11.6. The molecule has 0 spiro atoms. The topological polar surface area (TPSA) is 52.6 Å². The van der Waals surface area contributed by atoms with Gasteiger partial charge in [-0.25, -0.2) is 4.39 Å². The molecule has 0 unspecified atom stereocenters. The molecule has 24 heavy (non-hydrogen) atoms. The molecular formula is C19H13FO4. The van der Waals surface area contributed by atoms with Crippen LogP contribution in [0.4, 0.5) is 4.39 Å². The van der Waals surface area contributed by atoms with E-state index in [1.165, 1.54) is 18.2 Å². The fraction of sp³-hybridized carbons (Fsp3) is 0.158. The molecule has 0 amide bonds. The van der Waals surface area contributed by atoms with Crippen molar-refractivity contribution in [2.24, 2.45) is 5.92 Å². The molecule has 1 aliphatic carbocycles. The summed E-state index contributed by atoms with van der Waals surface area (Å²) in [6, 6.07) is 10.7. The minimum atomic E-state index is -0.434. The molecule has 120 valence electrons. The molecule has 2 aromatic rings. The number of ketones is 1. The van der Waals surface area contributed by atoms with E-state index in [0.29, 0.717) is 17.1 Å². The number of Topliss-reactive ketones (excluding diaryl/α,β-unsaturated/α-hetero) is 1. The van der Waals surface area contributed by atoms with Gasteiger partial charge in [0.1, 0.15) is 17.3 Å². The first kappa shape index (κ1) is 14.6.